The molecule has 1 aromatic rings. The third-order valence-corrected chi connectivity index (χ3v) is 4.71. The number of nitrogens with one attached hydrogen (secondary N) is 1. The Labute approximate surface area is 163 Å². The number of amides is 1. The summed E-state index contributed by atoms with van der Waals surface area (Å²) in [6.07, 6.45) is 1.27. The van der Waals surface area contributed by atoms with Crippen LogP contribution in [0.1, 0.15) is 32.3 Å². The number of rotatable bonds is 7. The van der Waals surface area contributed by atoms with Crippen LogP contribution in [0.2, 0.25) is 0 Å². The number of hydrogen-bond donors (Lipinski definition) is 2. The molecule has 0 bridgehead atoms. The largest absolute Gasteiger partial charge is 0.366 e. The van der Waals surface area contributed by atoms with Crippen LogP contribution < -0.4 is 11.1 Å². The first-order valence-corrected chi connectivity index (χ1v) is 8.51. The highest BCUT2D eigenvalue weighted by Crippen LogP contribution is 2.12. The van der Waals surface area contributed by atoms with Gasteiger partial charge in [-0.25, -0.2) is 0 Å². The molecule has 7 heteroatoms. The van der Waals surface area contributed by atoms with Crippen molar-refractivity contribution in [3.8, 4) is 0 Å². The van der Waals surface area contributed by atoms with Crippen molar-refractivity contribution in [2.45, 2.75) is 44.9 Å². The van der Waals surface area contributed by atoms with Crippen LogP contribution in [-0.4, -0.2) is 48.7 Å². The van der Waals surface area contributed by atoms with Crippen LogP contribution in [0, 0.1) is 0 Å². The lowest BCUT2D eigenvalue weighted by atomic mass is 9.94. The maximum atomic E-state index is 12.4. The number of halogens is 2. The molecule has 1 heterocycles. The summed E-state index contributed by atoms with van der Waals surface area (Å²) in [5, 5.41) is 2.96. The van der Waals surface area contributed by atoms with Crippen molar-refractivity contribution in [1.82, 2.24) is 10.2 Å². The van der Waals surface area contributed by atoms with Gasteiger partial charge in [0.25, 0.3) is 5.91 Å². The van der Waals surface area contributed by atoms with Gasteiger partial charge >= 0.3 is 0 Å². The molecule has 1 aliphatic rings. The van der Waals surface area contributed by atoms with Crippen molar-refractivity contribution in [3.63, 3.8) is 0 Å². The zero-order valence-electron chi connectivity index (χ0n) is 15.1. The van der Waals surface area contributed by atoms with Crippen LogP contribution in [0.15, 0.2) is 30.3 Å². The molecule has 1 unspecified atom stereocenters. The standard InChI is InChI=1S/C18H29N3O2.2ClH/c1-3-18(19,4-2)14-20-17(22)16-13-21(10-11-23-16)12-15-8-6-5-7-9-15;;/h5-9,16H,3-4,10-14,19H2,1-2H3,(H,20,22);2*1H. The Balaban J connectivity index is 0.00000288. The highest BCUT2D eigenvalue weighted by atomic mass is 35.5. The minimum atomic E-state index is -0.412. The van der Waals surface area contributed by atoms with Crippen molar-refractivity contribution in [1.29, 1.82) is 0 Å². The van der Waals surface area contributed by atoms with Crippen LogP contribution in [0.5, 0.6) is 0 Å². The van der Waals surface area contributed by atoms with Gasteiger partial charge in [-0.15, -0.1) is 24.8 Å². The Hall–Kier alpha value is -0.850. The van der Waals surface area contributed by atoms with E-state index in [0.717, 1.165) is 25.9 Å². The molecule has 2 rings (SSSR count). The summed E-state index contributed by atoms with van der Waals surface area (Å²) in [5.74, 6) is -0.0560. The van der Waals surface area contributed by atoms with E-state index in [0.29, 0.717) is 19.7 Å². The third kappa shape index (κ3) is 7.50. The summed E-state index contributed by atoms with van der Waals surface area (Å²) in [6.45, 7) is 7.50. The maximum absolute atomic E-state index is 12.4. The number of nitrogens with two attached hydrogens (primary N) is 1. The van der Waals surface area contributed by atoms with Gasteiger partial charge in [-0.3, -0.25) is 9.69 Å². The summed E-state index contributed by atoms with van der Waals surface area (Å²) in [4.78, 5) is 14.6. The van der Waals surface area contributed by atoms with E-state index in [-0.39, 0.29) is 36.3 Å². The van der Waals surface area contributed by atoms with Gasteiger partial charge in [0.15, 0.2) is 0 Å². The topological polar surface area (TPSA) is 67.6 Å². The molecule has 0 radical (unpaired) electrons. The third-order valence-electron chi connectivity index (χ3n) is 4.71. The zero-order chi connectivity index (χ0) is 16.7. The number of carbonyl (C=O) groups excluding carboxylic acids is 1. The van der Waals surface area contributed by atoms with Gasteiger partial charge in [0.2, 0.25) is 0 Å². The van der Waals surface area contributed by atoms with E-state index in [2.05, 4.69) is 22.3 Å². The molecule has 25 heavy (non-hydrogen) atoms. The van der Waals surface area contributed by atoms with Crippen molar-refractivity contribution in [2.75, 3.05) is 26.2 Å². The molecular weight excluding hydrogens is 361 g/mol. The van der Waals surface area contributed by atoms with Gasteiger partial charge in [0, 0.05) is 31.7 Å². The van der Waals surface area contributed by atoms with E-state index in [9.17, 15) is 4.79 Å². The summed E-state index contributed by atoms with van der Waals surface area (Å²) in [5.41, 5.74) is 7.17. The predicted octanol–water partition coefficient (Wildman–Crippen LogP) is 2.36. The average molecular weight is 392 g/mol. The number of nitrogens with zero attached hydrogens (tertiary/aromatic N) is 1. The number of hydrogen-bond acceptors (Lipinski definition) is 4. The van der Waals surface area contributed by atoms with E-state index >= 15 is 0 Å². The van der Waals surface area contributed by atoms with Gasteiger partial charge in [0.05, 0.1) is 6.61 Å². The van der Waals surface area contributed by atoms with E-state index in [1.165, 1.54) is 5.56 Å². The second-order valence-corrected chi connectivity index (χ2v) is 6.37. The van der Waals surface area contributed by atoms with E-state index in [1.807, 2.05) is 32.0 Å². The Bertz CT molecular complexity index is 498. The summed E-state index contributed by atoms with van der Waals surface area (Å²) in [6, 6.07) is 10.3. The van der Waals surface area contributed by atoms with Crippen LogP contribution in [0.3, 0.4) is 0 Å². The second-order valence-electron chi connectivity index (χ2n) is 6.37. The quantitative estimate of drug-likeness (QED) is 0.748. The maximum Gasteiger partial charge on any atom is 0.250 e. The molecular formula is C18H31Cl2N3O2. The molecule has 1 saturated heterocycles. The number of ether oxygens (including phenoxy) is 1. The molecule has 1 amide bonds. The SMILES string of the molecule is CCC(N)(CC)CNC(=O)C1CN(Cc2ccccc2)CCO1.Cl.Cl. The minimum Gasteiger partial charge on any atom is -0.366 e. The lowest BCUT2D eigenvalue weighted by molar-refractivity contribution is -0.139. The predicted molar refractivity (Wildman–Crippen MR) is 106 cm³/mol. The molecule has 1 atom stereocenters. The smallest absolute Gasteiger partial charge is 0.250 e. The lowest BCUT2D eigenvalue weighted by Crippen LogP contribution is -2.54. The van der Waals surface area contributed by atoms with Crippen molar-refractivity contribution >= 4 is 30.7 Å². The monoisotopic (exact) mass is 391 g/mol. The van der Waals surface area contributed by atoms with Crippen molar-refractivity contribution in [2.24, 2.45) is 5.73 Å². The van der Waals surface area contributed by atoms with E-state index in [4.69, 9.17) is 10.5 Å². The van der Waals surface area contributed by atoms with Crippen LogP contribution in [0.4, 0.5) is 0 Å². The molecule has 0 saturated carbocycles. The van der Waals surface area contributed by atoms with Crippen LogP contribution in [0.25, 0.3) is 0 Å². The average Bonchev–Trinajstić information content (AvgIpc) is 2.60. The summed E-state index contributed by atoms with van der Waals surface area (Å²) >= 11 is 0. The van der Waals surface area contributed by atoms with Gasteiger partial charge < -0.3 is 15.8 Å². The molecule has 0 aromatic heterocycles. The normalized spacial score (nSPS) is 18.0. The lowest BCUT2D eigenvalue weighted by Gasteiger charge is -2.33. The first kappa shape index (κ1) is 24.1. The molecule has 3 N–H and O–H groups in total. The van der Waals surface area contributed by atoms with Gasteiger partial charge in [0.1, 0.15) is 6.10 Å². The van der Waals surface area contributed by atoms with Gasteiger partial charge in [-0.2, -0.15) is 0 Å². The number of morpholine rings is 1. The Kier molecular flexibility index (Phi) is 11.3. The first-order valence-electron chi connectivity index (χ1n) is 8.51. The van der Waals surface area contributed by atoms with Gasteiger partial charge in [-0.05, 0) is 18.4 Å². The first-order chi connectivity index (χ1) is 11.1. The fourth-order valence-electron chi connectivity index (χ4n) is 2.72. The Morgan fingerprint density at radius 3 is 2.52 bits per heavy atom. The highest BCUT2D eigenvalue weighted by molar-refractivity contribution is 5.85. The number of carbonyl (C=O) groups is 1. The van der Waals surface area contributed by atoms with Crippen LogP contribution in [-0.2, 0) is 16.1 Å². The zero-order valence-corrected chi connectivity index (χ0v) is 16.7. The minimum absolute atomic E-state index is 0. The second kappa shape index (κ2) is 11.7. The van der Waals surface area contributed by atoms with E-state index in [1.54, 1.807) is 0 Å². The van der Waals surface area contributed by atoms with Crippen molar-refractivity contribution in [3.05, 3.63) is 35.9 Å². The van der Waals surface area contributed by atoms with Gasteiger partial charge in [-0.1, -0.05) is 44.2 Å². The molecule has 1 aliphatic heterocycles. The number of benzene rings is 1. The molecule has 0 aliphatic carbocycles. The van der Waals surface area contributed by atoms with E-state index < -0.39 is 6.10 Å². The van der Waals surface area contributed by atoms with Crippen LogP contribution >= 0.6 is 24.8 Å². The molecule has 5 nitrogen and oxygen atoms in total. The Morgan fingerprint density at radius 1 is 1.28 bits per heavy atom. The molecule has 144 valence electrons. The highest BCUT2D eigenvalue weighted by Gasteiger charge is 2.28. The summed E-state index contributed by atoms with van der Waals surface area (Å²) < 4.78 is 5.65. The van der Waals surface area contributed by atoms with Crippen molar-refractivity contribution < 1.29 is 9.53 Å². The Morgan fingerprint density at radius 2 is 1.92 bits per heavy atom. The fraction of sp³-hybridized carbons (Fsp3) is 0.611. The fourth-order valence-corrected chi connectivity index (χ4v) is 2.72. The summed E-state index contributed by atoms with van der Waals surface area (Å²) in [7, 11) is 0. The molecule has 1 aromatic carbocycles. The molecule has 1 fully saturated rings. The molecule has 0 spiro atoms.